The van der Waals surface area contributed by atoms with Gasteiger partial charge in [0.2, 0.25) is 0 Å². The third kappa shape index (κ3) is 4.58. The van der Waals surface area contributed by atoms with Gasteiger partial charge in [-0.1, -0.05) is 24.3 Å². The van der Waals surface area contributed by atoms with Crippen molar-refractivity contribution in [1.82, 2.24) is 14.7 Å². The Kier molecular flexibility index (Phi) is 5.61. The molecule has 7 nitrogen and oxygen atoms in total. The first-order valence-electron chi connectivity index (χ1n) is 8.51. The van der Waals surface area contributed by atoms with Gasteiger partial charge in [0.15, 0.2) is 0 Å². The van der Waals surface area contributed by atoms with E-state index in [0.717, 1.165) is 5.56 Å². The normalized spacial score (nSPS) is 10.6. The number of ether oxygens (including phenoxy) is 1. The minimum Gasteiger partial charge on any atom is -0.459 e. The number of hydrogen-bond acceptors (Lipinski definition) is 5. The molecule has 0 saturated carbocycles. The molecule has 7 heteroatoms. The molecule has 1 amide bonds. The predicted octanol–water partition coefficient (Wildman–Crippen LogP) is 1.87. The number of nitrogens with one attached hydrogen (secondary N) is 1. The molecule has 1 N–H and O–H groups in total. The Bertz CT molecular complexity index is 1040. The van der Waals surface area contributed by atoms with Gasteiger partial charge in [-0.05, 0) is 30.7 Å². The molecule has 0 saturated heterocycles. The molecule has 2 aromatic heterocycles. The Hall–Kier alpha value is -3.48. The molecule has 0 fully saturated rings. The van der Waals surface area contributed by atoms with Gasteiger partial charge >= 0.3 is 5.97 Å². The van der Waals surface area contributed by atoms with E-state index in [0.29, 0.717) is 16.9 Å². The van der Waals surface area contributed by atoms with Crippen LogP contribution in [0.1, 0.15) is 28.0 Å². The third-order valence-corrected chi connectivity index (χ3v) is 4.01. The van der Waals surface area contributed by atoms with Crippen molar-refractivity contribution in [2.75, 3.05) is 6.54 Å². The van der Waals surface area contributed by atoms with Crippen molar-refractivity contribution in [3.05, 3.63) is 81.9 Å². The third-order valence-electron chi connectivity index (χ3n) is 4.01. The first-order chi connectivity index (χ1) is 13.0. The first-order valence-corrected chi connectivity index (χ1v) is 8.51. The number of carbonyl (C=O) groups excluding carboxylic acids is 2. The Morgan fingerprint density at radius 3 is 2.74 bits per heavy atom. The zero-order valence-electron chi connectivity index (χ0n) is 14.8. The molecule has 27 heavy (non-hydrogen) atoms. The van der Waals surface area contributed by atoms with Gasteiger partial charge in [0, 0.05) is 24.4 Å². The topological polar surface area (TPSA) is 89.8 Å². The number of rotatable bonds is 6. The molecular formula is C20H19N3O4. The smallest absolute Gasteiger partial charge is 0.307 e. The first kappa shape index (κ1) is 18.3. The number of aromatic nitrogens is 2. The summed E-state index contributed by atoms with van der Waals surface area (Å²) in [5.41, 5.74) is 2.07. The maximum absolute atomic E-state index is 12.1. The largest absolute Gasteiger partial charge is 0.459 e. The summed E-state index contributed by atoms with van der Waals surface area (Å²) in [6, 6.07) is 13.8. The number of benzene rings is 1. The quantitative estimate of drug-likeness (QED) is 0.674. The lowest BCUT2D eigenvalue weighted by Gasteiger charge is -2.08. The van der Waals surface area contributed by atoms with Crippen LogP contribution < -0.4 is 10.9 Å². The zero-order valence-corrected chi connectivity index (χ0v) is 14.8. The molecule has 0 aliphatic rings. The Balaban J connectivity index is 1.50. The molecule has 2 heterocycles. The molecule has 1 aromatic carbocycles. The van der Waals surface area contributed by atoms with Gasteiger partial charge < -0.3 is 10.1 Å². The second-order valence-corrected chi connectivity index (χ2v) is 6.00. The van der Waals surface area contributed by atoms with Crippen molar-refractivity contribution >= 4 is 17.5 Å². The van der Waals surface area contributed by atoms with E-state index in [2.05, 4.69) is 10.3 Å². The maximum Gasteiger partial charge on any atom is 0.307 e. The van der Waals surface area contributed by atoms with Crippen LogP contribution in [0.15, 0.2) is 59.5 Å². The van der Waals surface area contributed by atoms with Crippen molar-refractivity contribution in [3.63, 3.8) is 0 Å². The molecular weight excluding hydrogens is 346 g/mol. The summed E-state index contributed by atoms with van der Waals surface area (Å²) in [6.45, 7) is 1.92. The summed E-state index contributed by atoms with van der Waals surface area (Å²) in [5.74, 6) is -0.708. The van der Waals surface area contributed by atoms with Gasteiger partial charge in [0.1, 0.15) is 12.3 Å². The predicted molar refractivity (Wildman–Crippen MR) is 99.4 cm³/mol. The van der Waals surface area contributed by atoms with E-state index < -0.39 is 5.97 Å². The van der Waals surface area contributed by atoms with E-state index in [1.807, 2.05) is 19.1 Å². The van der Waals surface area contributed by atoms with Gasteiger partial charge in [-0.25, -0.2) is 4.98 Å². The lowest BCUT2D eigenvalue weighted by Crippen LogP contribution is -2.27. The number of fused-ring (bicyclic) bond motifs is 1. The molecule has 3 rings (SSSR count). The van der Waals surface area contributed by atoms with E-state index in [-0.39, 0.29) is 31.0 Å². The Labute approximate surface area is 155 Å². The fourth-order valence-corrected chi connectivity index (χ4v) is 2.60. The summed E-state index contributed by atoms with van der Waals surface area (Å²) in [4.78, 5) is 40.2. The number of amides is 1. The summed E-state index contributed by atoms with van der Waals surface area (Å²) < 4.78 is 6.55. The fourth-order valence-electron chi connectivity index (χ4n) is 2.60. The molecule has 3 aromatic rings. The summed E-state index contributed by atoms with van der Waals surface area (Å²) in [6.07, 6.45) is 1.65. The second kappa shape index (κ2) is 8.27. The van der Waals surface area contributed by atoms with Crippen LogP contribution in [-0.2, 0) is 16.1 Å². The van der Waals surface area contributed by atoms with Crippen LogP contribution in [-0.4, -0.2) is 27.8 Å². The molecule has 0 aliphatic heterocycles. The van der Waals surface area contributed by atoms with Gasteiger partial charge in [0.25, 0.3) is 11.5 Å². The fraction of sp³-hybridized carbons (Fsp3) is 0.200. The lowest BCUT2D eigenvalue weighted by atomic mass is 10.1. The average molecular weight is 365 g/mol. The molecule has 138 valence electrons. The van der Waals surface area contributed by atoms with Crippen molar-refractivity contribution in [3.8, 4) is 0 Å². The standard InChI is InChI=1S/C20H19N3O4/c1-14-6-2-3-7-16(14)20(26)21-10-9-19(25)27-13-15-12-18(24)23-11-5-4-8-17(23)22-15/h2-8,11-12H,9-10,13H2,1H3,(H,21,26). The van der Waals surface area contributed by atoms with Crippen molar-refractivity contribution < 1.29 is 14.3 Å². The number of aryl methyl sites for hydroxylation is 1. The highest BCUT2D eigenvalue weighted by Crippen LogP contribution is 2.06. The van der Waals surface area contributed by atoms with E-state index in [1.54, 1.807) is 36.5 Å². The van der Waals surface area contributed by atoms with Crippen LogP contribution in [0.25, 0.3) is 5.65 Å². The highest BCUT2D eigenvalue weighted by molar-refractivity contribution is 5.95. The molecule has 0 radical (unpaired) electrons. The molecule has 0 bridgehead atoms. The second-order valence-electron chi connectivity index (χ2n) is 6.00. The van der Waals surface area contributed by atoms with Crippen LogP contribution in [0, 0.1) is 6.92 Å². The lowest BCUT2D eigenvalue weighted by molar-refractivity contribution is -0.144. The monoisotopic (exact) mass is 365 g/mol. The van der Waals surface area contributed by atoms with Gasteiger partial charge in [-0.3, -0.25) is 18.8 Å². The van der Waals surface area contributed by atoms with Crippen molar-refractivity contribution in [1.29, 1.82) is 0 Å². The molecule has 0 spiro atoms. The van der Waals surface area contributed by atoms with Crippen LogP contribution in [0.5, 0.6) is 0 Å². The highest BCUT2D eigenvalue weighted by Gasteiger charge is 2.10. The maximum atomic E-state index is 12.1. The minimum absolute atomic E-state index is 0.0319. The van der Waals surface area contributed by atoms with E-state index in [9.17, 15) is 14.4 Å². The SMILES string of the molecule is Cc1ccccc1C(=O)NCCC(=O)OCc1cc(=O)n2ccccc2n1. The van der Waals surface area contributed by atoms with E-state index >= 15 is 0 Å². The number of carbonyl (C=O) groups is 2. The zero-order chi connectivity index (χ0) is 19.2. The molecule has 0 unspecified atom stereocenters. The van der Waals surface area contributed by atoms with Crippen LogP contribution in [0.3, 0.4) is 0 Å². The van der Waals surface area contributed by atoms with Crippen LogP contribution in [0.4, 0.5) is 0 Å². The minimum atomic E-state index is -0.477. The number of pyridine rings is 1. The molecule has 0 atom stereocenters. The number of esters is 1. The molecule has 0 aliphatic carbocycles. The summed E-state index contributed by atoms with van der Waals surface area (Å²) >= 11 is 0. The number of nitrogens with zero attached hydrogens (tertiary/aromatic N) is 2. The van der Waals surface area contributed by atoms with Gasteiger partial charge in [-0.15, -0.1) is 0 Å². The van der Waals surface area contributed by atoms with Crippen molar-refractivity contribution in [2.45, 2.75) is 20.0 Å². The van der Waals surface area contributed by atoms with E-state index in [4.69, 9.17) is 4.74 Å². The average Bonchev–Trinajstić information content (AvgIpc) is 2.66. The Morgan fingerprint density at radius 2 is 1.93 bits per heavy atom. The summed E-state index contributed by atoms with van der Waals surface area (Å²) in [5, 5.41) is 2.69. The van der Waals surface area contributed by atoms with Crippen LogP contribution >= 0.6 is 0 Å². The summed E-state index contributed by atoms with van der Waals surface area (Å²) in [7, 11) is 0. The van der Waals surface area contributed by atoms with Crippen molar-refractivity contribution in [2.24, 2.45) is 0 Å². The highest BCUT2D eigenvalue weighted by atomic mass is 16.5. The van der Waals surface area contributed by atoms with Crippen LogP contribution in [0.2, 0.25) is 0 Å². The Morgan fingerprint density at radius 1 is 1.15 bits per heavy atom. The van der Waals surface area contributed by atoms with Gasteiger partial charge in [-0.2, -0.15) is 0 Å². The van der Waals surface area contributed by atoms with Gasteiger partial charge in [0.05, 0.1) is 12.1 Å². The number of hydrogen-bond donors (Lipinski definition) is 1. The van der Waals surface area contributed by atoms with E-state index in [1.165, 1.54) is 10.5 Å².